The second-order valence-electron chi connectivity index (χ2n) is 5.37. The average Bonchev–Trinajstić information content (AvgIpc) is 2.64. The van der Waals surface area contributed by atoms with Crippen molar-refractivity contribution in [1.82, 2.24) is 4.90 Å². The van der Waals surface area contributed by atoms with Gasteiger partial charge in [0, 0.05) is 19.6 Å². The van der Waals surface area contributed by atoms with E-state index in [-0.39, 0.29) is 11.3 Å². The van der Waals surface area contributed by atoms with Gasteiger partial charge in [-0.2, -0.15) is 0 Å². The van der Waals surface area contributed by atoms with Gasteiger partial charge in [-0.05, 0) is 45.0 Å². The van der Waals surface area contributed by atoms with E-state index in [1.165, 1.54) is 13.0 Å². The van der Waals surface area contributed by atoms with Gasteiger partial charge < -0.3 is 9.80 Å². The van der Waals surface area contributed by atoms with Crippen LogP contribution in [0.1, 0.15) is 37.0 Å². The van der Waals surface area contributed by atoms with Crippen LogP contribution in [0.2, 0.25) is 0 Å². The lowest BCUT2D eigenvalue weighted by atomic mass is 10.1. The summed E-state index contributed by atoms with van der Waals surface area (Å²) < 4.78 is 13.9. The monoisotopic (exact) mass is 278 g/mol. The molecule has 0 radical (unpaired) electrons. The lowest BCUT2D eigenvalue weighted by molar-refractivity contribution is 0.101. The number of carbonyl (C=O) groups excluding carboxylic acids is 1. The van der Waals surface area contributed by atoms with E-state index >= 15 is 0 Å². The molecule has 0 aliphatic carbocycles. The second-order valence-corrected chi connectivity index (χ2v) is 5.37. The van der Waals surface area contributed by atoms with E-state index in [1.54, 1.807) is 6.07 Å². The third-order valence-corrected chi connectivity index (χ3v) is 3.81. The van der Waals surface area contributed by atoms with Gasteiger partial charge in [0.15, 0.2) is 5.78 Å². The number of Topliss-reactive ketones (excluding diaryl/α,β-unsaturated/α-hetero) is 1. The first-order valence-electron chi connectivity index (χ1n) is 7.40. The molecule has 0 spiro atoms. The van der Waals surface area contributed by atoms with Crippen LogP contribution in [0, 0.1) is 5.82 Å². The van der Waals surface area contributed by atoms with E-state index in [2.05, 4.69) is 16.7 Å². The Kier molecular flexibility index (Phi) is 5.12. The van der Waals surface area contributed by atoms with Crippen molar-refractivity contribution in [2.75, 3.05) is 37.6 Å². The number of rotatable bonds is 4. The molecule has 4 heteroatoms. The minimum atomic E-state index is -0.412. The number of ketones is 1. The molecule has 2 rings (SSSR count). The number of benzene rings is 1. The van der Waals surface area contributed by atoms with Gasteiger partial charge in [0.25, 0.3) is 0 Å². The van der Waals surface area contributed by atoms with Crippen molar-refractivity contribution in [2.45, 2.75) is 26.7 Å². The van der Waals surface area contributed by atoms with Gasteiger partial charge >= 0.3 is 0 Å². The summed E-state index contributed by atoms with van der Waals surface area (Å²) in [7, 11) is 0. The molecule has 1 fully saturated rings. The highest BCUT2D eigenvalue weighted by atomic mass is 19.1. The highest BCUT2D eigenvalue weighted by molar-refractivity contribution is 6.00. The highest BCUT2D eigenvalue weighted by Gasteiger charge is 2.20. The summed E-state index contributed by atoms with van der Waals surface area (Å²) in [5.41, 5.74) is 0.979. The van der Waals surface area contributed by atoms with E-state index in [9.17, 15) is 9.18 Å². The normalized spacial score (nSPS) is 17.1. The van der Waals surface area contributed by atoms with Gasteiger partial charge in [0.1, 0.15) is 5.82 Å². The van der Waals surface area contributed by atoms with Crippen LogP contribution in [-0.2, 0) is 0 Å². The van der Waals surface area contributed by atoms with Crippen molar-refractivity contribution in [1.29, 1.82) is 0 Å². The Labute approximate surface area is 120 Å². The summed E-state index contributed by atoms with van der Waals surface area (Å²) in [5, 5.41) is 0. The summed E-state index contributed by atoms with van der Waals surface area (Å²) in [4.78, 5) is 16.3. The Morgan fingerprint density at radius 3 is 2.75 bits per heavy atom. The van der Waals surface area contributed by atoms with E-state index in [0.29, 0.717) is 0 Å². The van der Waals surface area contributed by atoms with Gasteiger partial charge in [-0.1, -0.05) is 13.0 Å². The molecule has 3 nitrogen and oxygen atoms in total. The first-order valence-corrected chi connectivity index (χ1v) is 7.40. The zero-order chi connectivity index (χ0) is 14.5. The van der Waals surface area contributed by atoms with Crippen LogP contribution in [0.3, 0.4) is 0 Å². The van der Waals surface area contributed by atoms with Gasteiger partial charge in [0.2, 0.25) is 0 Å². The molecule has 1 aliphatic heterocycles. The van der Waals surface area contributed by atoms with Crippen molar-refractivity contribution in [3.05, 3.63) is 29.6 Å². The maximum atomic E-state index is 13.9. The van der Waals surface area contributed by atoms with Gasteiger partial charge in [-0.3, -0.25) is 4.79 Å². The van der Waals surface area contributed by atoms with Crippen molar-refractivity contribution >= 4 is 11.5 Å². The van der Waals surface area contributed by atoms with Crippen LogP contribution in [0.15, 0.2) is 18.2 Å². The Morgan fingerprint density at radius 1 is 1.25 bits per heavy atom. The molecule has 1 aliphatic rings. The first-order chi connectivity index (χ1) is 9.63. The number of halogens is 1. The van der Waals surface area contributed by atoms with Crippen molar-refractivity contribution < 1.29 is 9.18 Å². The molecule has 0 unspecified atom stereocenters. The van der Waals surface area contributed by atoms with E-state index in [4.69, 9.17) is 0 Å². The average molecular weight is 278 g/mol. The quantitative estimate of drug-likeness (QED) is 0.791. The third kappa shape index (κ3) is 3.37. The lowest BCUT2D eigenvalue weighted by Gasteiger charge is -2.25. The van der Waals surface area contributed by atoms with Crippen LogP contribution in [0.4, 0.5) is 10.1 Å². The minimum Gasteiger partial charge on any atom is -0.370 e. The van der Waals surface area contributed by atoms with E-state index < -0.39 is 5.82 Å². The molecule has 0 aromatic heterocycles. The van der Waals surface area contributed by atoms with Gasteiger partial charge in [0.05, 0.1) is 11.3 Å². The summed E-state index contributed by atoms with van der Waals surface area (Å²) in [6.07, 6.45) is 2.20. The minimum absolute atomic E-state index is 0.201. The van der Waals surface area contributed by atoms with Crippen LogP contribution >= 0.6 is 0 Å². The molecule has 110 valence electrons. The SMILES string of the molecule is CCCN1CCCN(c2cccc(F)c2C(C)=O)CC1. The molecule has 1 aromatic rings. The molecule has 1 aromatic carbocycles. The molecule has 1 heterocycles. The summed E-state index contributed by atoms with van der Waals surface area (Å²) >= 11 is 0. The number of nitrogens with zero attached hydrogens (tertiary/aromatic N) is 2. The largest absolute Gasteiger partial charge is 0.370 e. The third-order valence-electron chi connectivity index (χ3n) is 3.81. The first kappa shape index (κ1) is 15.0. The fourth-order valence-corrected chi connectivity index (χ4v) is 2.88. The number of hydrogen-bond acceptors (Lipinski definition) is 3. The zero-order valence-electron chi connectivity index (χ0n) is 12.4. The van der Waals surface area contributed by atoms with Gasteiger partial charge in [-0.25, -0.2) is 4.39 Å². The van der Waals surface area contributed by atoms with Crippen molar-refractivity contribution in [3.8, 4) is 0 Å². The van der Waals surface area contributed by atoms with Crippen LogP contribution in [0.25, 0.3) is 0 Å². The molecular weight excluding hydrogens is 255 g/mol. The predicted octanol–water partition coefficient (Wildman–Crippen LogP) is 2.95. The second kappa shape index (κ2) is 6.84. The topological polar surface area (TPSA) is 23.6 Å². The summed E-state index contributed by atoms with van der Waals surface area (Å²) in [6, 6.07) is 4.91. The van der Waals surface area contributed by atoms with Crippen LogP contribution in [-0.4, -0.2) is 43.4 Å². The van der Waals surface area contributed by atoms with E-state index in [1.807, 2.05) is 6.07 Å². The Morgan fingerprint density at radius 2 is 2.05 bits per heavy atom. The zero-order valence-corrected chi connectivity index (χ0v) is 12.4. The maximum Gasteiger partial charge on any atom is 0.164 e. The summed E-state index contributed by atoms with van der Waals surface area (Å²) in [5.74, 6) is -0.613. The number of anilines is 1. The van der Waals surface area contributed by atoms with Crippen molar-refractivity contribution in [2.24, 2.45) is 0 Å². The maximum absolute atomic E-state index is 13.9. The fourth-order valence-electron chi connectivity index (χ4n) is 2.88. The standard InChI is InChI=1S/C16H23FN2O/c1-3-8-18-9-5-10-19(12-11-18)15-7-4-6-14(17)16(15)13(2)20/h4,6-7H,3,5,8-12H2,1-2H3. The van der Waals surface area contributed by atoms with E-state index in [0.717, 1.165) is 51.3 Å². The van der Waals surface area contributed by atoms with Crippen molar-refractivity contribution in [3.63, 3.8) is 0 Å². The fraction of sp³-hybridized carbons (Fsp3) is 0.562. The predicted molar refractivity (Wildman–Crippen MR) is 80.0 cm³/mol. The van der Waals surface area contributed by atoms with Crippen LogP contribution < -0.4 is 4.90 Å². The number of carbonyl (C=O) groups is 1. The Hall–Kier alpha value is -1.42. The Bertz CT molecular complexity index is 476. The summed E-state index contributed by atoms with van der Waals surface area (Å²) in [6.45, 7) is 8.51. The molecule has 1 saturated heterocycles. The van der Waals surface area contributed by atoms with Crippen LogP contribution in [0.5, 0.6) is 0 Å². The molecule has 0 bridgehead atoms. The molecular formula is C16H23FN2O. The highest BCUT2D eigenvalue weighted by Crippen LogP contribution is 2.25. The molecule has 20 heavy (non-hydrogen) atoms. The smallest absolute Gasteiger partial charge is 0.164 e. The molecule has 0 N–H and O–H groups in total. The lowest BCUT2D eigenvalue weighted by Crippen LogP contribution is -2.32. The van der Waals surface area contributed by atoms with Gasteiger partial charge in [-0.15, -0.1) is 0 Å². The Balaban J connectivity index is 2.20. The molecule has 0 amide bonds. The number of hydrogen-bond donors (Lipinski definition) is 0. The molecule has 0 atom stereocenters. The molecule has 0 saturated carbocycles.